The molecule has 8 nitrogen and oxygen atoms in total. The summed E-state index contributed by atoms with van der Waals surface area (Å²) in [5, 5.41) is 14.9. The third-order valence-corrected chi connectivity index (χ3v) is 5.61. The maximum atomic E-state index is 13.2. The van der Waals surface area contributed by atoms with Gasteiger partial charge in [-0.1, -0.05) is 24.1 Å². The summed E-state index contributed by atoms with van der Waals surface area (Å²) in [6.07, 6.45) is 5.95. The first kappa shape index (κ1) is 20.0. The van der Waals surface area contributed by atoms with E-state index in [0.29, 0.717) is 24.3 Å². The summed E-state index contributed by atoms with van der Waals surface area (Å²) in [7, 11) is 0. The number of nitriles is 1. The van der Waals surface area contributed by atoms with E-state index in [2.05, 4.69) is 16.6 Å². The Morgan fingerprint density at radius 1 is 1.13 bits per heavy atom. The third kappa shape index (κ3) is 3.56. The number of likely N-dealkylation sites (tertiary alicyclic amines) is 1. The Kier molecular flexibility index (Phi) is 5.06. The molecule has 8 heteroatoms. The van der Waals surface area contributed by atoms with Crippen LogP contribution in [0.25, 0.3) is 0 Å². The lowest BCUT2D eigenvalue weighted by Gasteiger charge is -2.37. The van der Waals surface area contributed by atoms with Crippen molar-refractivity contribution < 1.29 is 14.4 Å². The summed E-state index contributed by atoms with van der Waals surface area (Å²) in [5.74, 6) is 2.12. The number of terminal acetylenes is 1. The molecule has 0 saturated carbocycles. The van der Waals surface area contributed by atoms with E-state index in [-0.39, 0.29) is 30.1 Å². The molecule has 2 heterocycles. The molecule has 5 amide bonds. The molecule has 0 unspecified atom stereocenters. The van der Waals surface area contributed by atoms with Crippen LogP contribution in [0.2, 0.25) is 0 Å². The van der Waals surface area contributed by atoms with Crippen LogP contribution in [0.4, 0.5) is 21.0 Å². The van der Waals surface area contributed by atoms with E-state index < -0.39 is 17.5 Å². The van der Waals surface area contributed by atoms with Crippen molar-refractivity contribution in [2.45, 2.75) is 18.4 Å². The zero-order valence-corrected chi connectivity index (χ0v) is 16.6. The first-order valence-electron chi connectivity index (χ1n) is 9.76. The van der Waals surface area contributed by atoms with Crippen LogP contribution < -0.4 is 15.5 Å². The fourth-order valence-electron chi connectivity index (χ4n) is 3.92. The van der Waals surface area contributed by atoms with Crippen molar-refractivity contribution >= 4 is 29.3 Å². The summed E-state index contributed by atoms with van der Waals surface area (Å²) in [6, 6.07) is 14.6. The summed E-state index contributed by atoms with van der Waals surface area (Å²) in [5.41, 5.74) is 0.671. The van der Waals surface area contributed by atoms with Gasteiger partial charge in [-0.2, -0.15) is 5.26 Å². The summed E-state index contributed by atoms with van der Waals surface area (Å²) in [6.45, 7) is 0.584. The molecule has 2 saturated heterocycles. The van der Waals surface area contributed by atoms with Gasteiger partial charge in [0.2, 0.25) is 0 Å². The van der Waals surface area contributed by atoms with Gasteiger partial charge in [0, 0.05) is 24.3 Å². The van der Waals surface area contributed by atoms with Crippen molar-refractivity contribution in [3.63, 3.8) is 0 Å². The van der Waals surface area contributed by atoms with Gasteiger partial charge in [0.15, 0.2) is 0 Å². The number of anilines is 2. The zero-order chi connectivity index (χ0) is 22.0. The number of hydrogen-bond donors (Lipinski definition) is 2. The molecule has 31 heavy (non-hydrogen) atoms. The molecule has 4 rings (SSSR count). The number of piperidine rings is 1. The van der Waals surface area contributed by atoms with Gasteiger partial charge in [-0.3, -0.25) is 4.79 Å². The Morgan fingerprint density at radius 2 is 1.87 bits per heavy atom. The van der Waals surface area contributed by atoms with E-state index in [4.69, 9.17) is 6.42 Å². The smallest absolute Gasteiger partial charge is 0.324 e. The Bertz CT molecular complexity index is 1150. The number of amides is 5. The lowest BCUT2D eigenvalue weighted by molar-refractivity contribution is -0.123. The lowest BCUT2D eigenvalue weighted by atomic mass is 9.87. The lowest BCUT2D eigenvalue weighted by Crippen LogP contribution is -2.56. The first-order valence-corrected chi connectivity index (χ1v) is 9.76. The second kappa shape index (κ2) is 7.85. The highest BCUT2D eigenvalue weighted by atomic mass is 16.2. The first-order chi connectivity index (χ1) is 15.0. The van der Waals surface area contributed by atoms with Gasteiger partial charge in [-0.05, 0) is 43.2 Å². The number of carbonyl (C=O) groups is 3. The average molecular weight is 413 g/mol. The van der Waals surface area contributed by atoms with Gasteiger partial charge in [0.05, 0.1) is 11.3 Å². The molecule has 0 atom stereocenters. The summed E-state index contributed by atoms with van der Waals surface area (Å²) >= 11 is 0. The summed E-state index contributed by atoms with van der Waals surface area (Å²) in [4.78, 5) is 41.1. The van der Waals surface area contributed by atoms with Gasteiger partial charge in [-0.15, -0.1) is 6.42 Å². The van der Waals surface area contributed by atoms with Gasteiger partial charge in [-0.25, -0.2) is 14.5 Å². The highest BCUT2D eigenvalue weighted by Crippen LogP contribution is 2.34. The van der Waals surface area contributed by atoms with Crippen LogP contribution in [-0.2, 0) is 4.79 Å². The molecule has 2 aliphatic rings. The van der Waals surface area contributed by atoms with E-state index >= 15 is 0 Å². The number of benzene rings is 2. The molecule has 2 N–H and O–H groups in total. The van der Waals surface area contributed by atoms with Crippen molar-refractivity contribution in [3.05, 3.63) is 59.7 Å². The van der Waals surface area contributed by atoms with Crippen LogP contribution in [0.3, 0.4) is 0 Å². The highest BCUT2D eigenvalue weighted by Gasteiger charge is 2.53. The molecule has 1 spiro atoms. The topological polar surface area (TPSA) is 106 Å². The molecular formula is C23H19N5O3. The fraction of sp³-hybridized carbons (Fsp3) is 0.217. The van der Waals surface area contributed by atoms with E-state index in [1.807, 2.05) is 6.07 Å². The number of imide groups is 1. The van der Waals surface area contributed by atoms with Crippen molar-refractivity contribution in [2.75, 3.05) is 23.3 Å². The molecular weight excluding hydrogens is 394 g/mol. The van der Waals surface area contributed by atoms with E-state index in [1.54, 1.807) is 53.4 Å². The van der Waals surface area contributed by atoms with Crippen LogP contribution in [0, 0.1) is 23.7 Å². The Labute approximate surface area is 179 Å². The highest BCUT2D eigenvalue weighted by molar-refractivity contribution is 6.24. The number of nitrogens with one attached hydrogen (secondary N) is 2. The van der Waals surface area contributed by atoms with E-state index in [1.165, 1.54) is 0 Å². The van der Waals surface area contributed by atoms with E-state index in [9.17, 15) is 19.6 Å². The second-order valence-electron chi connectivity index (χ2n) is 7.42. The van der Waals surface area contributed by atoms with Crippen LogP contribution in [-0.4, -0.2) is 41.5 Å². The molecule has 2 aromatic carbocycles. The molecule has 0 aliphatic carbocycles. The number of carbonyl (C=O) groups excluding carboxylic acids is 3. The van der Waals surface area contributed by atoms with Gasteiger partial charge in [0.1, 0.15) is 11.6 Å². The molecule has 2 fully saturated rings. The Morgan fingerprint density at radius 3 is 2.58 bits per heavy atom. The van der Waals surface area contributed by atoms with Gasteiger partial charge >= 0.3 is 12.1 Å². The molecule has 0 radical (unpaired) electrons. The van der Waals surface area contributed by atoms with Crippen LogP contribution >= 0.6 is 0 Å². The third-order valence-electron chi connectivity index (χ3n) is 5.61. The minimum absolute atomic E-state index is 0.245. The standard InChI is InChI=1S/C23H19N5O3/c1-2-16-6-5-8-18(14-16)25-21(30)27-12-10-23(11-13-27)20(29)28(22(31)26-23)19-9-4-3-7-17(19)15-24/h1,3-9,14H,10-13H2,(H,25,30)(H,26,31). The van der Waals surface area contributed by atoms with Crippen molar-refractivity contribution in [2.24, 2.45) is 0 Å². The Hall–Kier alpha value is -4.30. The number of para-hydroxylation sites is 1. The minimum Gasteiger partial charge on any atom is -0.324 e. The normalized spacial score (nSPS) is 17.1. The number of nitrogens with zero attached hydrogens (tertiary/aromatic N) is 3. The van der Waals surface area contributed by atoms with Crippen LogP contribution in [0.1, 0.15) is 24.0 Å². The van der Waals surface area contributed by atoms with E-state index in [0.717, 1.165) is 4.90 Å². The SMILES string of the molecule is C#Cc1cccc(NC(=O)N2CCC3(CC2)NC(=O)N(c2ccccc2C#N)C3=O)c1. The van der Waals surface area contributed by atoms with Crippen molar-refractivity contribution in [1.29, 1.82) is 5.26 Å². The predicted octanol–water partition coefficient (Wildman–Crippen LogP) is 2.66. The van der Waals surface area contributed by atoms with Crippen LogP contribution in [0.15, 0.2) is 48.5 Å². The predicted molar refractivity (Wildman–Crippen MR) is 114 cm³/mol. The molecule has 0 aromatic heterocycles. The minimum atomic E-state index is -1.08. The quantitative estimate of drug-likeness (QED) is 0.583. The number of hydrogen-bond acceptors (Lipinski definition) is 4. The number of rotatable bonds is 2. The Balaban J connectivity index is 1.46. The molecule has 2 aromatic rings. The van der Waals surface area contributed by atoms with Gasteiger partial charge in [0.25, 0.3) is 5.91 Å². The van der Waals surface area contributed by atoms with Crippen molar-refractivity contribution in [1.82, 2.24) is 10.2 Å². The van der Waals surface area contributed by atoms with Crippen molar-refractivity contribution in [3.8, 4) is 18.4 Å². The molecule has 2 aliphatic heterocycles. The molecule has 0 bridgehead atoms. The molecule has 154 valence electrons. The van der Waals surface area contributed by atoms with Gasteiger partial charge < -0.3 is 15.5 Å². The maximum Gasteiger partial charge on any atom is 0.329 e. The maximum absolute atomic E-state index is 13.2. The zero-order valence-electron chi connectivity index (χ0n) is 16.6. The largest absolute Gasteiger partial charge is 0.329 e. The van der Waals surface area contributed by atoms with Crippen LogP contribution in [0.5, 0.6) is 0 Å². The average Bonchev–Trinajstić information content (AvgIpc) is 3.03. The monoisotopic (exact) mass is 413 g/mol. The number of urea groups is 2. The second-order valence-corrected chi connectivity index (χ2v) is 7.42. The summed E-state index contributed by atoms with van der Waals surface area (Å²) < 4.78 is 0. The fourth-order valence-corrected chi connectivity index (χ4v) is 3.92.